The summed E-state index contributed by atoms with van der Waals surface area (Å²) < 4.78 is 4.89. The molecule has 1 aromatic carbocycles. The van der Waals surface area contributed by atoms with Gasteiger partial charge in [-0.15, -0.1) is 11.3 Å². The summed E-state index contributed by atoms with van der Waals surface area (Å²) in [5.74, 6) is -1.09. The Kier molecular flexibility index (Phi) is 3.71. The molecule has 1 aromatic heterocycles. The zero-order chi connectivity index (χ0) is 14.7. The third-order valence-corrected chi connectivity index (χ3v) is 3.12. The van der Waals surface area contributed by atoms with Crippen LogP contribution in [0.5, 0.6) is 5.75 Å². The van der Waals surface area contributed by atoms with Crippen LogP contribution in [0.4, 0.5) is 11.4 Å². The van der Waals surface area contributed by atoms with Crippen LogP contribution in [0.2, 0.25) is 0 Å². The van der Waals surface area contributed by atoms with Crippen molar-refractivity contribution >= 4 is 28.7 Å². The number of nitrogens with zero attached hydrogens (tertiary/aromatic N) is 2. The van der Waals surface area contributed by atoms with Crippen LogP contribution in [0, 0.1) is 20.2 Å². The predicted octanol–water partition coefficient (Wildman–Crippen LogP) is 2.78. The SMILES string of the molecule is O=C(Oc1ccc([N+](=O)[O-])cc1[N+](=O)[O-])c1cccs1. The van der Waals surface area contributed by atoms with E-state index in [1.807, 2.05) is 0 Å². The molecule has 0 saturated heterocycles. The summed E-state index contributed by atoms with van der Waals surface area (Å²) in [5, 5.41) is 23.1. The second kappa shape index (κ2) is 5.45. The van der Waals surface area contributed by atoms with Crippen molar-refractivity contribution in [2.75, 3.05) is 0 Å². The van der Waals surface area contributed by atoms with Crippen LogP contribution >= 0.6 is 11.3 Å². The van der Waals surface area contributed by atoms with Crippen LogP contribution < -0.4 is 4.74 Å². The molecule has 20 heavy (non-hydrogen) atoms. The average molecular weight is 294 g/mol. The monoisotopic (exact) mass is 294 g/mol. The number of esters is 1. The minimum atomic E-state index is -0.843. The third kappa shape index (κ3) is 2.78. The molecule has 0 spiro atoms. The number of thiophene rings is 1. The largest absolute Gasteiger partial charge is 0.415 e. The number of carbonyl (C=O) groups is 1. The lowest BCUT2D eigenvalue weighted by atomic mass is 10.2. The van der Waals surface area contributed by atoms with Gasteiger partial charge in [0.15, 0.2) is 0 Å². The minimum Gasteiger partial charge on any atom is -0.415 e. The topological polar surface area (TPSA) is 113 Å². The van der Waals surface area contributed by atoms with Gasteiger partial charge in [-0.05, 0) is 17.5 Å². The van der Waals surface area contributed by atoms with Gasteiger partial charge in [0, 0.05) is 6.07 Å². The first-order valence-electron chi connectivity index (χ1n) is 5.17. The van der Waals surface area contributed by atoms with Gasteiger partial charge in [0.05, 0.1) is 15.9 Å². The Morgan fingerprint density at radius 2 is 1.90 bits per heavy atom. The van der Waals surface area contributed by atoms with E-state index in [4.69, 9.17) is 4.74 Å². The summed E-state index contributed by atoms with van der Waals surface area (Å²) >= 11 is 1.12. The van der Waals surface area contributed by atoms with Crippen LogP contribution in [0.25, 0.3) is 0 Å². The Balaban J connectivity index is 2.34. The molecule has 8 nitrogen and oxygen atoms in total. The van der Waals surface area contributed by atoms with E-state index in [1.54, 1.807) is 11.4 Å². The first-order valence-corrected chi connectivity index (χ1v) is 6.05. The number of carbonyl (C=O) groups excluding carboxylic acids is 1. The lowest BCUT2D eigenvalue weighted by Crippen LogP contribution is -2.08. The fourth-order valence-corrected chi connectivity index (χ4v) is 1.99. The molecule has 1 heterocycles. The number of nitro groups is 2. The summed E-state index contributed by atoms with van der Waals surface area (Å²) in [6.07, 6.45) is 0. The standard InChI is InChI=1S/C11H6N2O6S/c14-11(10-2-1-5-20-10)19-9-4-3-7(12(15)16)6-8(9)13(17)18/h1-6H. The van der Waals surface area contributed by atoms with Crippen molar-refractivity contribution in [3.8, 4) is 5.75 Å². The van der Waals surface area contributed by atoms with E-state index < -0.39 is 27.2 Å². The van der Waals surface area contributed by atoms with Crippen LogP contribution in [-0.4, -0.2) is 15.8 Å². The molecule has 0 bridgehead atoms. The first kappa shape index (κ1) is 13.6. The van der Waals surface area contributed by atoms with Crippen molar-refractivity contribution < 1.29 is 19.4 Å². The minimum absolute atomic E-state index is 0.276. The molecule has 0 atom stereocenters. The maximum absolute atomic E-state index is 11.7. The van der Waals surface area contributed by atoms with E-state index in [9.17, 15) is 25.0 Å². The molecule has 0 aliphatic carbocycles. The first-order chi connectivity index (χ1) is 9.49. The van der Waals surface area contributed by atoms with Gasteiger partial charge in [-0.25, -0.2) is 4.79 Å². The Labute approximate surface area is 115 Å². The number of ether oxygens (including phenoxy) is 1. The summed E-state index contributed by atoms with van der Waals surface area (Å²) in [7, 11) is 0. The molecule has 2 rings (SSSR count). The normalized spacial score (nSPS) is 10.0. The fourth-order valence-electron chi connectivity index (χ4n) is 1.39. The molecule has 2 aromatic rings. The highest BCUT2D eigenvalue weighted by atomic mass is 32.1. The molecule has 0 unspecified atom stereocenters. The van der Waals surface area contributed by atoms with Crippen molar-refractivity contribution in [3.63, 3.8) is 0 Å². The summed E-state index contributed by atoms with van der Waals surface area (Å²) in [5.41, 5.74) is -1.09. The molecule has 0 aliphatic heterocycles. The lowest BCUT2D eigenvalue weighted by Gasteiger charge is -2.03. The Bertz CT molecular complexity index is 682. The molecule has 0 amide bonds. The Morgan fingerprint density at radius 3 is 2.45 bits per heavy atom. The van der Waals surface area contributed by atoms with Gasteiger partial charge in [-0.1, -0.05) is 6.07 Å². The number of nitro benzene ring substituents is 2. The van der Waals surface area contributed by atoms with Gasteiger partial charge in [0.2, 0.25) is 5.75 Å². The maximum atomic E-state index is 11.7. The number of non-ortho nitro benzene ring substituents is 1. The van der Waals surface area contributed by atoms with E-state index in [2.05, 4.69) is 0 Å². The Morgan fingerprint density at radius 1 is 1.15 bits per heavy atom. The van der Waals surface area contributed by atoms with E-state index in [-0.39, 0.29) is 10.6 Å². The zero-order valence-corrected chi connectivity index (χ0v) is 10.5. The number of hydrogen-bond acceptors (Lipinski definition) is 7. The van der Waals surface area contributed by atoms with E-state index in [0.29, 0.717) is 0 Å². The van der Waals surface area contributed by atoms with E-state index in [1.165, 1.54) is 6.07 Å². The molecular weight excluding hydrogens is 288 g/mol. The van der Waals surface area contributed by atoms with E-state index >= 15 is 0 Å². The van der Waals surface area contributed by atoms with E-state index in [0.717, 1.165) is 29.5 Å². The van der Waals surface area contributed by atoms with Gasteiger partial charge in [0.1, 0.15) is 4.88 Å². The maximum Gasteiger partial charge on any atom is 0.353 e. The van der Waals surface area contributed by atoms with Crippen LogP contribution in [0.3, 0.4) is 0 Å². The fraction of sp³-hybridized carbons (Fsp3) is 0. The highest BCUT2D eigenvalue weighted by Crippen LogP contribution is 2.31. The molecule has 9 heteroatoms. The molecular formula is C11H6N2O6S. The molecule has 0 saturated carbocycles. The zero-order valence-electron chi connectivity index (χ0n) is 9.72. The van der Waals surface area contributed by atoms with Gasteiger partial charge in [-0.3, -0.25) is 20.2 Å². The van der Waals surface area contributed by atoms with Gasteiger partial charge in [0.25, 0.3) is 5.69 Å². The molecule has 0 radical (unpaired) electrons. The van der Waals surface area contributed by atoms with Crippen LogP contribution in [0.15, 0.2) is 35.7 Å². The lowest BCUT2D eigenvalue weighted by molar-refractivity contribution is -0.394. The van der Waals surface area contributed by atoms with Crippen LogP contribution in [-0.2, 0) is 0 Å². The average Bonchev–Trinajstić information content (AvgIpc) is 2.92. The molecule has 102 valence electrons. The van der Waals surface area contributed by atoms with Gasteiger partial charge < -0.3 is 4.74 Å². The molecule has 0 N–H and O–H groups in total. The second-order valence-electron chi connectivity index (χ2n) is 3.53. The van der Waals surface area contributed by atoms with Gasteiger partial charge >= 0.3 is 11.7 Å². The van der Waals surface area contributed by atoms with Crippen molar-refractivity contribution in [2.45, 2.75) is 0 Å². The summed E-state index contributed by atoms with van der Waals surface area (Å²) in [6.45, 7) is 0. The second-order valence-corrected chi connectivity index (χ2v) is 4.48. The Hall–Kier alpha value is -2.81. The van der Waals surface area contributed by atoms with Crippen molar-refractivity contribution in [3.05, 3.63) is 60.8 Å². The number of rotatable bonds is 4. The summed E-state index contributed by atoms with van der Waals surface area (Å²) in [6, 6.07) is 5.94. The number of benzene rings is 1. The number of hydrogen-bond donors (Lipinski definition) is 0. The molecule has 0 aliphatic rings. The van der Waals surface area contributed by atoms with Crippen molar-refractivity contribution in [2.24, 2.45) is 0 Å². The highest BCUT2D eigenvalue weighted by molar-refractivity contribution is 7.12. The third-order valence-electron chi connectivity index (χ3n) is 2.28. The smallest absolute Gasteiger partial charge is 0.353 e. The van der Waals surface area contributed by atoms with Crippen molar-refractivity contribution in [1.29, 1.82) is 0 Å². The van der Waals surface area contributed by atoms with Crippen molar-refractivity contribution in [1.82, 2.24) is 0 Å². The van der Waals surface area contributed by atoms with Gasteiger partial charge in [-0.2, -0.15) is 0 Å². The quantitative estimate of drug-likeness (QED) is 0.371. The summed E-state index contributed by atoms with van der Waals surface area (Å²) in [4.78, 5) is 31.8. The van der Waals surface area contributed by atoms with Crippen LogP contribution in [0.1, 0.15) is 9.67 Å². The predicted molar refractivity (Wildman–Crippen MR) is 69.0 cm³/mol. The highest BCUT2D eigenvalue weighted by Gasteiger charge is 2.23. The molecule has 0 fully saturated rings.